The Morgan fingerprint density at radius 2 is 1.95 bits per heavy atom. The third-order valence-electron chi connectivity index (χ3n) is 2.61. The molecule has 0 aliphatic heterocycles. The zero-order valence-corrected chi connectivity index (χ0v) is 10.8. The van der Waals surface area contributed by atoms with Crippen molar-refractivity contribution in [2.24, 2.45) is 0 Å². The second kappa shape index (κ2) is 6.75. The van der Waals surface area contributed by atoms with E-state index >= 15 is 0 Å². The predicted octanol–water partition coefficient (Wildman–Crippen LogP) is -0.246. The van der Waals surface area contributed by atoms with Crippen molar-refractivity contribution in [1.29, 1.82) is 0 Å². The molecule has 0 saturated carbocycles. The summed E-state index contributed by atoms with van der Waals surface area (Å²) in [7, 11) is 1.24. The molecule has 1 N–H and O–H groups in total. The number of carboxylic acids is 1. The van der Waals surface area contributed by atoms with E-state index in [1.54, 1.807) is 24.3 Å². The summed E-state index contributed by atoms with van der Waals surface area (Å²) >= 11 is 0. The minimum absolute atomic E-state index is 0.0313. The van der Waals surface area contributed by atoms with Crippen LogP contribution in [-0.4, -0.2) is 41.3 Å². The van der Waals surface area contributed by atoms with E-state index in [9.17, 15) is 19.8 Å². The smallest absolute Gasteiger partial charge is 0.410 e. The Hall–Kier alpha value is -2.08. The summed E-state index contributed by atoms with van der Waals surface area (Å²) < 4.78 is 4.96. The van der Waals surface area contributed by atoms with Crippen LogP contribution < -0.4 is 5.11 Å². The Morgan fingerprint density at radius 1 is 1.37 bits per heavy atom. The van der Waals surface area contributed by atoms with Crippen molar-refractivity contribution in [2.45, 2.75) is 25.7 Å². The summed E-state index contributed by atoms with van der Waals surface area (Å²) in [4.78, 5) is 23.3. The fourth-order valence-corrected chi connectivity index (χ4v) is 1.61. The van der Waals surface area contributed by atoms with Gasteiger partial charge in [-0.15, -0.1) is 0 Å². The van der Waals surface area contributed by atoms with E-state index in [1.807, 2.05) is 6.07 Å². The highest BCUT2D eigenvalue weighted by molar-refractivity contribution is 5.79. The van der Waals surface area contributed by atoms with Gasteiger partial charge in [-0.1, -0.05) is 30.3 Å². The van der Waals surface area contributed by atoms with Crippen LogP contribution >= 0.6 is 0 Å². The molecule has 0 spiro atoms. The van der Waals surface area contributed by atoms with E-state index in [4.69, 9.17) is 4.74 Å². The van der Waals surface area contributed by atoms with Gasteiger partial charge < -0.3 is 24.6 Å². The minimum Gasteiger partial charge on any atom is -0.548 e. The largest absolute Gasteiger partial charge is 0.548 e. The molecule has 1 aromatic carbocycles. The van der Waals surface area contributed by atoms with Crippen molar-refractivity contribution in [1.82, 2.24) is 4.90 Å². The summed E-state index contributed by atoms with van der Waals surface area (Å²) in [6, 6.07) is 7.54. The summed E-state index contributed by atoms with van der Waals surface area (Å²) in [5, 5.41) is 20.2. The molecule has 0 saturated heterocycles. The highest BCUT2D eigenvalue weighted by atomic mass is 16.6. The lowest BCUT2D eigenvalue weighted by Gasteiger charge is -2.30. The first kappa shape index (κ1) is 15.0. The number of ether oxygens (including phenoxy) is 1. The van der Waals surface area contributed by atoms with Crippen molar-refractivity contribution < 1.29 is 24.5 Å². The minimum atomic E-state index is -1.53. The SMILES string of the molecule is C[C@@H](O)[C@@H](C(=O)[O-])N(C)C(=O)OCc1ccccc1. The molecule has 1 amide bonds. The molecule has 1 rings (SSSR count). The number of amides is 1. The van der Waals surface area contributed by atoms with Crippen LogP contribution in [0.3, 0.4) is 0 Å². The first-order valence-corrected chi connectivity index (χ1v) is 5.76. The van der Waals surface area contributed by atoms with Gasteiger partial charge in [0.1, 0.15) is 6.61 Å². The van der Waals surface area contributed by atoms with Gasteiger partial charge in [0.15, 0.2) is 0 Å². The molecular weight excluding hydrogens is 250 g/mol. The van der Waals surface area contributed by atoms with Gasteiger partial charge in [0.05, 0.1) is 18.1 Å². The van der Waals surface area contributed by atoms with Gasteiger partial charge in [0.25, 0.3) is 0 Å². The number of carboxylic acid groups (broad SMARTS) is 1. The van der Waals surface area contributed by atoms with Gasteiger partial charge in [-0.3, -0.25) is 0 Å². The maximum atomic E-state index is 11.7. The highest BCUT2D eigenvalue weighted by Crippen LogP contribution is 2.07. The number of aliphatic hydroxyl groups excluding tert-OH is 1. The number of benzene rings is 1. The molecule has 2 atom stereocenters. The van der Waals surface area contributed by atoms with E-state index in [0.29, 0.717) is 0 Å². The van der Waals surface area contributed by atoms with Crippen LogP contribution in [0.2, 0.25) is 0 Å². The Kier molecular flexibility index (Phi) is 5.32. The average Bonchev–Trinajstić information content (AvgIpc) is 2.36. The maximum Gasteiger partial charge on any atom is 0.410 e. The topological polar surface area (TPSA) is 89.9 Å². The zero-order chi connectivity index (χ0) is 14.4. The molecule has 6 heteroatoms. The van der Waals surface area contributed by atoms with Crippen LogP contribution in [0.15, 0.2) is 30.3 Å². The number of hydrogen-bond donors (Lipinski definition) is 1. The summed E-state index contributed by atoms with van der Waals surface area (Å²) in [5.74, 6) is -1.53. The Morgan fingerprint density at radius 3 is 2.42 bits per heavy atom. The van der Waals surface area contributed by atoms with Gasteiger partial charge >= 0.3 is 6.09 Å². The van der Waals surface area contributed by atoms with Crippen molar-refractivity contribution >= 4 is 12.1 Å². The summed E-state index contributed by atoms with van der Waals surface area (Å²) in [6.45, 7) is 1.30. The number of carbonyl (C=O) groups excluding carboxylic acids is 2. The third-order valence-corrected chi connectivity index (χ3v) is 2.61. The number of rotatable bonds is 5. The average molecular weight is 266 g/mol. The molecule has 0 heterocycles. The lowest BCUT2D eigenvalue weighted by atomic mass is 10.1. The van der Waals surface area contributed by atoms with E-state index in [0.717, 1.165) is 10.5 Å². The molecule has 104 valence electrons. The molecule has 0 fully saturated rings. The number of nitrogens with zero attached hydrogens (tertiary/aromatic N) is 1. The quantitative estimate of drug-likeness (QED) is 0.794. The van der Waals surface area contributed by atoms with Crippen LogP contribution in [0.4, 0.5) is 4.79 Å². The van der Waals surface area contributed by atoms with Gasteiger partial charge in [0, 0.05) is 7.05 Å². The highest BCUT2D eigenvalue weighted by Gasteiger charge is 2.26. The van der Waals surface area contributed by atoms with Crippen molar-refractivity contribution in [3.05, 3.63) is 35.9 Å². The van der Waals surface area contributed by atoms with Crippen LogP contribution in [0.5, 0.6) is 0 Å². The van der Waals surface area contributed by atoms with Gasteiger partial charge in [-0.25, -0.2) is 4.79 Å². The van der Waals surface area contributed by atoms with Crippen LogP contribution in [-0.2, 0) is 16.1 Å². The van der Waals surface area contributed by atoms with Crippen LogP contribution in [0.25, 0.3) is 0 Å². The van der Waals surface area contributed by atoms with E-state index in [1.165, 1.54) is 14.0 Å². The standard InChI is InChI=1S/C13H17NO5/c1-9(15)11(12(16)17)14(2)13(18)19-8-10-6-4-3-5-7-10/h3-7,9,11,15H,8H2,1-2H3,(H,16,17)/p-1/t9-,11+/m1/s1. The number of aliphatic hydroxyl groups is 1. The Bertz CT molecular complexity index is 432. The normalized spacial score (nSPS) is 13.4. The lowest BCUT2D eigenvalue weighted by molar-refractivity contribution is -0.313. The second-order valence-corrected chi connectivity index (χ2v) is 4.16. The van der Waals surface area contributed by atoms with E-state index in [-0.39, 0.29) is 6.61 Å². The number of carbonyl (C=O) groups is 2. The van der Waals surface area contributed by atoms with E-state index in [2.05, 4.69) is 0 Å². The van der Waals surface area contributed by atoms with E-state index < -0.39 is 24.2 Å². The predicted molar refractivity (Wildman–Crippen MR) is 64.9 cm³/mol. The fourth-order valence-electron chi connectivity index (χ4n) is 1.61. The van der Waals surface area contributed by atoms with Crippen molar-refractivity contribution in [2.75, 3.05) is 7.05 Å². The molecule has 0 unspecified atom stereocenters. The maximum absolute atomic E-state index is 11.7. The first-order chi connectivity index (χ1) is 8.93. The van der Waals surface area contributed by atoms with Crippen LogP contribution in [0, 0.1) is 0 Å². The Labute approximate surface area is 111 Å². The van der Waals surface area contributed by atoms with Crippen molar-refractivity contribution in [3.8, 4) is 0 Å². The molecule has 1 aromatic rings. The molecule has 0 aromatic heterocycles. The van der Waals surface area contributed by atoms with Gasteiger partial charge in [0.2, 0.25) is 0 Å². The van der Waals surface area contributed by atoms with Gasteiger partial charge in [-0.2, -0.15) is 0 Å². The molecule has 0 aliphatic rings. The number of likely N-dealkylation sites (N-methyl/N-ethyl adjacent to an activating group) is 1. The molecular formula is C13H16NO5-. The van der Waals surface area contributed by atoms with Crippen molar-refractivity contribution in [3.63, 3.8) is 0 Å². The molecule has 0 radical (unpaired) electrons. The summed E-state index contributed by atoms with van der Waals surface area (Å²) in [5.41, 5.74) is 0.784. The summed E-state index contributed by atoms with van der Waals surface area (Å²) in [6.07, 6.45) is -2.08. The van der Waals surface area contributed by atoms with Crippen LogP contribution in [0.1, 0.15) is 12.5 Å². The molecule has 19 heavy (non-hydrogen) atoms. The third kappa shape index (κ3) is 4.26. The zero-order valence-electron chi connectivity index (χ0n) is 10.8. The first-order valence-electron chi connectivity index (χ1n) is 5.76. The molecule has 0 aliphatic carbocycles. The van der Waals surface area contributed by atoms with Gasteiger partial charge in [-0.05, 0) is 12.5 Å². The molecule has 6 nitrogen and oxygen atoms in total. The monoisotopic (exact) mass is 266 g/mol. The lowest BCUT2D eigenvalue weighted by Crippen LogP contribution is -2.54. The fraction of sp³-hybridized carbons (Fsp3) is 0.385. The second-order valence-electron chi connectivity index (χ2n) is 4.16. The molecule has 0 bridgehead atoms. The number of hydrogen-bond acceptors (Lipinski definition) is 5. The Balaban J connectivity index is 2.59. The number of aliphatic carboxylic acids is 1.